The molecule has 33 heavy (non-hydrogen) atoms. The molecular formula is C27H22N2O4. The Hall–Kier alpha value is -4.19. The van der Waals surface area contributed by atoms with Crippen LogP contribution in [0.1, 0.15) is 22.6 Å². The molecule has 0 fully saturated rings. The number of aromatic nitrogens is 1. The fraction of sp³-hybridized carbons (Fsp3) is 0.148. The Labute approximate surface area is 190 Å². The molecule has 1 heterocycles. The summed E-state index contributed by atoms with van der Waals surface area (Å²) in [4.78, 5) is 28.6. The van der Waals surface area contributed by atoms with E-state index in [0.29, 0.717) is 0 Å². The molecule has 5 rings (SSSR count). The van der Waals surface area contributed by atoms with Gasteiger partial charge in [-0.2, -0.15) is 0 Å². The number of hydrogen-bond donors (Lipinski definition) is 2. The largest absolute Gasteiger partial charge is 0.480 e. The third kappa shape index (κ3) is 4.03. The number of ether oxygens (including phenoxy) is 1. The van der Waals surface area contributed by atoms with Crippen molar-refractivity contribution in [1.82, 2.24) is 10.3 Å². The van der Waals surface area contributed by atoms with Gasteiger partial charge in [0.1, 0.15) is 12.6 Å². The van der Waals surface area contributed by atoms with Gasteiger partial charge < -0.3 is 15.2 Å². The van der Waals surface area contributed by atoms with Crippen molar-refractivity contribution in [2.24, 2.45) is 0 Å². The van der Waals surface area contributed by atoms with Crippen LogP contribution in [0.5, 0.6) is 0 Å². The molecular weight excluding hydrogens is 416 g/mol. The highest BCUT2D eigenvalue weighted by atomic mass is 16.5. The average Bonchev–Trinajstić information content (AvgIpc) is 3.16. The van der Waals surface area contributed by atoms with E-state index in [9.17, 15) is 14.7 Å². The van der Waals surface area contributed by atoms with E-state index in [1.807, 2.05) is 60.7 Å². The molecule has 0 aliphatic heterocycles. The summed E-state index contributed by atoms with van der Waals surface area (Å²) >= 11 is 0. The molecule has 6 heteroatoms. The van der Waals surface area contributed by atoms with Gasteiger partial charge in [-0.25, -0.2) is 9.59 Å². The number of fused-ring (bicyclic) bond motifs is 4. The van der Waals surface area contributed by atoms with Crippen LogP contribution in [-0.4, -0.2) is 34.8 Å². The van der Waals surface area contributed by atoms with E-state index in [1.165, 1.54) is 0 Å². The Kier molecular flexibility index (Phi) is 5.48. The van der Waals surface area contributed by atoms with Gasteiger partial charge in [0.05, 0.1) is 0 Å². The SMILES string of the molecule is O=C(NC(Cc1cccc2cnccc12)C(=O)O)OCC1c2ccccc2-c2ccccc21. The molecule has 2 N–H and O–H groups in total. The summed E-state index contributed by atoms with van der Waals surface area (Å²) in [5.74, 6) is -1.20. The number of nitrogens with zero attached hydrogens (tertiary/aromatic N) is 1. The normalized spacial score (nSPS) is 13.2. The molecule has 1 amide bonds. The van der Waals surface area contributed by atoms with Crippen molar-refractivity contribution in [2.45, 2.75) is 18.4 Å². The van der Waals surface area contributed by atoms with Crippen molar-refractivity contribution < 1.29 is 19.4 Å². The lowest BCUT2D eigenvalue weighted by Gasteiger charge is -2.18. The standard InChI is InChI=1S/C27H22N2O4/c30-26(31)25(14-17-6-5-7-18-15-28-13-12-19(17)18)29-27(32)33-16-24-22-10-3-1-8-20(22)21-9-2-4-11-23(21)24/h1-13,15,24-25H,14,16H2,(H,29,32)(H,30,31). The summed E-state index contributed by atoms with van der Waals surface area (Å²) in [6.45, 7) is 0.131. The van der Waals surface area contributed by atoms with Crippen LogP contribution in [-0.2, 0) is 16.0 Å². The van der Waals surface area contributed by atoms with Crippen molar-refractivity contribution >= 4 is 22.8 Å². The highest BCUT2D eigenvalue weighted by Crippen LogP contribution is 2.44. The molecule has 0 spiro atoms. The third-order valence-corrected chi connectivity index (χ3v) is 6.13. The van der Waals surface area contributed by atoms with Crippen molar-refractivity contribution in [1.29, 1.82) is 0 Å². The number of amides is 1. The van der Waals surface area contributed by atoms with E-state index in [1.54, 1.807) is 12.4 Å². The molecule has 1 aliphatic rings. The molecule has 0 saturated heterocycles. The number of pyridine rings is 1. The number of carboxylic acids is 1. The zero-order valence-corrected chi connectivity index (χ0v) is 17.8. The lowest BCUT2D eigenvalue weighted by molar-refractivity contribution is -0.139. The molecule has 6 nitrogen and oxygen atoms in total. The first-order chi connectivity index (χ1) is 16.1. The average molecular weight is 438 g/mol. The zero-order valence-electron chi connectivity index (χ0n) is 17.8. The van der Waals surface area contributed by atoms with Gasteiger partial charge in [0.2, 0.25) is 0 Å². The summed E-state index contributed by atoms with van der Waals surface area (Å²) in [6, 6.07) is 22.5. The van der Waals surface area contributed by atoms with Gasteiger partial charge >= 0.3 is 12.1 Å². The Balaban J connectivity index is 1.29. The number of aliphatic carboxylic acids is 1. The predicted molar refractivity (Wildman–Crippen MR) is 125 cm³/mol. The van der Waals surface area contributed by atoms with Crippen LogP contribution in [0, 0.1) is 0 Å². The summed E-state index contributed by atoms with van der Waals surface area (Å²) in [7, 11) is 0. The highest BCUT2D eigenvalue weighted by Gasteiger charge is 2.29. The molecule has 1 atom stereocenters. The first-order valence-corrected chi connectivity index (χ1v) is 10.8. The zero-order chi connectivity index (χ0) is 22.8. The molecule has 164 valence electrons. The number of carbonyl (C=O) groups is 2. The van der Waals surface area contributed by atoms with Crippen LogP contribution in [0.25, 0.3) is 21.9 Å². The summed E-state index contributed by atoms with van der Waals surface area (Å²) in [5, 5.41) is 14.1. The van der Waals surface area contributed by atoms with Gasteiger partial charge in [0.25, 0.3) is 0 Å². The van der Waals surface area contributed by atoms with Crippen molar-refractivity contribution in [2.75, 3.05) is 6.61 Å². The first-order valence-electron chi connectivity index (χ1n) is 10.8. The van der Waals surface area contributed by atoms with E-state index in [4.69, 9.17) is 4.74 Å². The number of carbonyl (C=O) groups excluding carboxylic acids is 1. The first kappa shape index (κ1) is 20.7. The molecule has 3 aromatic carbocycles. The minimum Gasteiger partial charge on any atom is -0.480 e. The quantitative estimate of drug-likeness (QED) is 0.453. The topological polar surface area (TPSA) is 88.5 Å². The molecule has 4 aromatic rings. The van der Waals surface area contributed by atoms with Crippen molar-refractivity contribution in [3.05, 3.63) is 102 Å². The maximum Gasteiger partial charge on any atom is 0.407 e. The number of carboxylic acid groups (broad SMARTS) is 1. The fourth-order valence-electron chi connectivity index (χ4n) is 4.57. The lowest BCUT2D eigenvalue weighted by Crippen LogP contribution is -2.43. The van der Waals surface area contributed by atoms with Crippen molar-refractivity contribution in [3.8, 4) is 11.1 Å². The number of hydrogen-bond acceptors (Lipinski definition) is 4. The Bertz CT molecular complexity index is 1300. The second-order valence-corrected chi connectivity index (χ2v) is 8.08. The predicted octanol–water partition coefficient (Wildman–Crippen LogP) is 4.77. The molecule has 1 unspecified atom stereocenters. The van der Waals surface area contributed by atoms with E-state index < -0.39 is 18.1 Å². The van der Waals surface area contributed by atoms with Gasteiger partial charge in [-0.15, -0.1) is 0 Å². The maximum absolute atomic E-state index is 12.6. The fourth-order valence-corrected chi connectivity index (χ4v) is 4.57. The Morgan fingerprint density at radius 2 is 1.64 bits per heavy atom. The van der Waals surface area contributed by atoms with E-state index in [0.717, 1.165) is 38.6 Å². The number of alkyl carbamates (subject to hydrolysis) is 1. The number of benzene rings is 3. The van der Waals surface area contributed by atoms with Gasteiger partial charge in [-0.1, -0.05) is 66.7 Å². The van der Waals surface area contributed by atoms with Crippen LogP contribution >= 0.6 is 0 Å². The molecule has 1 aromatic heterocycles. The van der Waals surface area contributed by atoms with Crippen LogP contribution in [0.4, 0.5) is 4.79 Å². The minimum absolute atomic E-state index is 0.0861. The summed E-state index contributed by atoms with van der Waals surface area (Å²) < 4.78 is 5.52. The van der Waals surface area contributed by atoms with E-state index in [-0.39, 0.29) is 18.9 Å². The lowest BCUT2D eigenvalue weighted by atomic mass is 9.98. The van der Waals surface area contributed by atoms with Crippen LogP contribution in [0.15, 0.2) is 85.2 Å². The third-order valence-electron chi connectivity index (χ3n) is 6.13. The molecule has 1 aliphatic carbocycles. The summed E-state index contributed by atoms with van der Waals surface area (Å²) in [5.41, 5.74) is 5.30. The minimum atomic E-state index is -1.12. The smallest absolute Gasteiger partial charge is 0.407 e. The number of rotatable bonds is 6. The number of nitrogens with one attached hydrogen (secondary N) is 1. The van der Waals surface area contributed by atoms with Gasteiger partial charge in [0.15, 0.2) is 0 Å². The van der Waals surface area contributed by atoms with Crippen LogP contribution in [0.2, 0.25) is 0 Å². The van der Waals surface area contributed by atoms with Gasteiger partial charge in [-0.3, -0.25) is 4.98 Å². The van der Waals surface area contributed by atoms with E-state index >= 15 is 0 Å². The summed E-state index contributed by atoms with van der Waals surface area (Å²) in [6.07, 6.45) is 2.79. The van der Waals surface area contributed by atoms with E-state index in [2.05, 4.69) is 22.4 Å². The Morgan fingerprint density at radius 1 is 0.939 bits per heavy atom. The maximum atomic E-state index is 12.6. The van der Waals surface area contributed by atoms with Crippen molar-refractivity contribution in [3.63, 3.8) is 0 Å². The Morgan fingerprint density at radius 3 is 2.33 bits per heavy atom. The molecule has 0 bridgehead atoms. The van der Waals surface area contributed by atoms with Gasteiger partial charge in [0, 0.05) is 30.1 Å². The van der Waals surface area contributed by atoms with Crippen LogP contribution < -0.4 is 5.32 Å². The molecule has 0 radical (unpaired) electrons. The van der Waals surface area contributed by atoms with Crippen LogP contribution in [0.3, 0.4) is 0 Å². The van der Waals surface area contributed by atoms with Gasteiger partial charge in [-0.05, 0) is 39.3 Å². The second-order valence-electron chi connectivity index (χ2n) is 8.08. The second kappa shape index (κ2) is 8.74. The highest BCUT2D eigenvalue weighted by molar-refractivity contribution is 5.86. The molecule has 0 saturated carbocycles. The monoisotopic (exact) mass is 438 g/mol.